The predicted molar refractivity (Wildman–Crippen MR) is 62.8 cm³/mol. The summed E-state index contributed by atoms with van der Waals surface area (Å²) in [4.78, 5) is 12.1. The Morgan fingerprint density at radius 1 is 1.27 bits per heavy atom. The van der Waals surface area contributed by atoms with E-state index in [1.165, 1.54) is 38.5 Å². The van der Waals surface area contributed by atoms with Crippen LogP contribution in [0.3, 0.4) is 0 Å². The number of Topliss-reactive ketones (excluding diaryl/α,β-unsaturated/α-hetero) is 1. The topological polar surface area (TPSA) is 17.1 Å². The zero-order valence-corrected chi connectivity index (χ0v) is 9.85. The van der Waals surface area contributed by atoms with Crippen LogP contribution >= 0.6 is 0 Å². The number of carbonyl (C=O) groups is 1. The molecular formula is C14H22O. The zero-order chi connectivity index (χ0) is 10.7. The van der Waals surface area contributed by atoms with Gasteiger partial charge in [-0.2, -0.15) is 0 Å². The van der Waals surface area contributed by atoms with Gasteiger partial charge >= 0.3 is 0 Å². The molecule has 1 nitrogen and oxygen atoms in total. The fourth-order valence-corrected chi connectivity index (χ4v) is 3.00. The molecule has 0 bridgehead atoms. The van der Waals surface area contributed by atoms with E-state index >= 15 is 0 Å². The highest BCUT2D eigenvalue weighted by atomic mass is 16.1. The van der Waals surface area contributed by atoms with Crippen molar-refractivity contribution >= 4 is 5.78 Å². The lowest BCUT2D eigenvalue weighted by Crippen LogP contribution is -2.18. The number of ketones is 1. The van der Waals surface area contributed by atoms with Crippen LogP contribution in [0, 0.1) is 5.41 Å². The fourth-order valence-electron chi connectivity index (χ4n) is 3.00. The second-order valence-corrected chi connectivity index (χ2v) is 5.59. The van der Waals surface area contributed by atoms with Crippen LogP contribution in [0.5, 0.6) is 0 Å². The molecule has 0 amide bonds. The molecule has 0 heterocycles. The molecule has 0 radical (unpaired) electrons. The number of hydrogen-bond donors (Lipinski definition) is 0. The van der Waals surface area contributed by atoms with Crippen molar-refractivity contribution < 1.29 is 4.79 Å². The summed E-state index contributed by atoms with van der Waals surface area (Å²) in [6.45, 7) is 2.29. The average molecular weight is 206 g/mol. The minimum absolute atomic E-state index is 0.329. The first-order chi connectivity index (χ1) is 7.20. The van der Waals surface area contributed by atoms with E-state index in [0.717, 1.165) is 24.8 Å². The van der Waals surface area contributed by atoms with E-state index in [1.54, 1.807) is 0 Å². The first-order valence-corrected chi connectivity index (χ1v) is 6.42. The summed E-state index contributed by atoms with van der Waals surface area (Å²) in [5.41, 5.74) is 1.46. The quantitative estimate of drug-likeness (QED) is 0.681. The van der Waals surface area contributed by atoms with Gasteiger partial charge in [0.25, 0.3) is 0 Å². The molecule has 0 spiro atoms. The molecular weight excluding hydrogens is 184 g/mol. The van der Waals surface area contributed by atoms with Gasteiger partial charge in [0, 0.05) is 6.42 Å². The summed E-state index contributed by atoms with van der Waals surface area (Å²) in [5, 5.41) is 0. The highest BCUT2D eigenvalue weighted by Crippen LogP contribution is 2.41. The monoisotopic (exact) mass is 206 g/mol. The van der Waals surface area contributed by atoms with Gasteiger partial charge in [-0.05, 0) is 49.5 Å². The van der Waals surface area contributed by atoms with Crippen molar-refractivity contribution in [3.63, 3.8) is 0 Å². The van der Waals surface area contributed by atoms with Crippen molar-refractivity contribution in [1.82, 2.24) is 0 Å². The third-order valence-electron chi connectivity index (χ3n) is 4.05. The molecule has 1 saturated carbocycles. The Bertz CT molecular complexity index is 269. The molecule has 0 aliphatic heterocycles. The summed E-state index contributed by atoms with van der Waals surface area (Å²) >= 11 is 0. The number of rotatable bonds is 3. The number of carbonyl (C=O) groups excluding carboxylic acids is 1. The maximum atomic E-state index is 12.1. The summed E-state index contributed by atoms with van der Waals surface area (Å²) in [7, 11) is 0. The van der Waals surface area contributed by atoms with Gasteiger partial charge in [-0.3, -0.25) is 4.79 Å². The predicted octanol–water partition coefficient (Wildman–Crippen LogP) is 4.03. The molecule has 0 atom stereocenters. The van der Waals surface area contributed by atoms with E-state index in [-0.39, 0.29) is 0 Å². The van der Waals surface area contributed by atoms with Crippen LogP contribution in [0.15, 0.2) is 11.6 Å². The first-order valence-electron chi connectivity index (χ1n) is 6.42. The van der Waals surface area contributed by atoms with E-state index in [2.05, 4.69) is 13.0 Å². The lowest BCUT2D eigenvalue weighted by atomic mass is 9.80. The third-order valence-corrected chi connectivity index (χ3v) is 4.05. The lowest BCUT2D eigenvalue weighted by Gasteiger charge is -2.23. The van der Waals surface area contributed by atoms with Crippen molar-refractivity contribution in [2.75, 3.05) is 0 Å². The molecule has 84 valence electrons. The summed E-state index contributed by atoms with van der Waals surface area (Å²) in [6.07, 6.45) is 12.8. The van der Waals surface area contributed by atoms with Gasteiger partial charge in [-0.1, -0.05) is 25.8 Å². The second-order valence-electron chi connectivity index (χ2n) is 5.59. The van der Waals surface area contributed by atoms with Gasteiger partial charge < -0.3 is 0 Å². The third kappa shape index (κ3) is 2.70. The number of allylic oxidation sites excluding steroid dienone is 2. The normalized spacial score (nSPS) is 25.0. The highest BCUT2D eigenvalue weighted by Gasteiger charge is 2.31. The van der Waals surface area contributed by atoms with Crippen LogP contribution in [-0.4, -0.2) is 5.78 Å². The second kappa shape index (κ2) is 4.51. The molecule has 0 aromatic rings. The minimum atomic E-state index is 0.329. The van der Waals surface area contributed by atoms with Crippen LogP contribution in [0.25, 0.3) is 0 Å². The van der Waals surface area contributed by atoms with Gasteiger partial charge in [0.1, 0.15) is 0 Å². The average Bonchev–Trinajstić information content (AvgIpc) is 2.66. The molecule has 0 aromatic heterocycles. The van der Waals surface area contributed by atoms with E-state index < -0.39 is 0 Å². The van der Waals surface area contributed by atoms with Crippen LogP contribution in [-0.2, 0) is 4.79 Å². The Morgan fingerprint density at radius 3 is 2.60 bits per heavy atom. The Morgan fingerprint density at radius 2 is 2.00 bits per heavy atom. The molecule has 15 heavy (non-hydrogen) atoms. The van der Waals surface area contributed by atoms with E-state index in [4.69, 9.17) is 0 Å². The van der Waals surface area contributed by atoms with Gasteiger partial charge in [0.15, 0.2) is 5.78 Å². The van der Waals surface area contributed by atoms with Crippen LogP contribution in [0.2, 0.25) is 0 Å². The van der Waals surface area contributed by atoms with Gasteiger partial charge in [-0.15, -0.1) is 0 Å². The minimum Gasteiger partial charge on any atom is -0.295 e. The molecule has 0 unspecified atom stereocenters. The molecule has 1 fully saturated rings. The molecule has 0 saturated heterocycles. The summed E-state index contributed by atoms with van der Waals surface area (Å²) in [5.74, 6) is 0.444. The van der Waals surface area contributed by atoms with E-state index in [0.29, 0.717) is 11.2 Å². The highest BCUT2D eigenvalue weighted by molar-refractivity contribution is 5.95. The molecule has 2 aliphatic carbocycles. The largest absolute Gasteiger partial charge is 0.295 e. The molecule has 0 N–H and O–H groups in total. The van der Waals surface area contributed by atoms with Gasteiger partial charge in [0.05, 0.1) is 0 Å². The van der Waals surface area contributed by atoms with E-state index in [1.807, 2.05) is 0 Å². The summed E-state index contributed by atoms with van der Waals surface area (Å²) < 4.78 is 0. The SMILES string of the molecule is CC1(CC(=O)C2=CCCCC2)CCCC1. The van der Waals surface area contributed by atoms with Gasteiger partial charge in [-0.25, -0.2) is 0 Å². The zero-order valence-electron chi connectivity index (χ0n) is 9.85. The Kier molecular flexibility index (Phi) is 3.28. The smallest absolute Gasteiger partial charge is 0.159 e. The molecule has 2 aliphatic rings. The molecule has 0 aromatic carbocycles. The van der Waals surface area contributed by atoms with Crippen molar-refractivity contribution in [3.8, 4) is 0 Å². The fraction of sp³-hybridized carbons (Fsp3) is 0.786. The maximum absolute atomic E-state index is 12.1. The lowest BCUT2D eigenvalue weighted by molar-refractivity contribution is -0.117. The van der Waals surface area contributed by atoms with E-state index in [9.17, 15) is 4.79 Å². The van der Waals surface area contributed by atoms with Crippen molar-refractivity contribution in [1.29, 1.82) is 0 Å². The van der Waals surface area contributed by atoms with Crippen molar-refractivity contribution in [2.45, 2.75) is 64.7 Å². The standard InChI is InChI=1S/C14H22O/c1-14(9-5-6-10-14)11-13(15)12-7-3-2-4-8-12/h7H,2-6,8-11H2,1H3. The Labute approximate surface area is 92.9 Å². The first kappa shape index (κ1) is 10.9. The molecule has 1 heteroatoms. The van der Waals surface area contributed by atoms with Crippen molar-refractivity contribution in [3.05, 3.63) is 11.6 Å². The van der Waals surface area contributed by atoms with Crippen LogP contribution in [0.4, 0.5) is 0 Å². The maximum Gasteiger partial charge on any atom is 0.159 e. The van der Waals surface area contributed by atoms with Gasteiger partial charge in [0.2, 0.25) is 0 Å². The van der Waals surface area contributed by atoms with Crippen LogP contribution < -0.4 is 0 Å². The van der Waals surface area contributed by atoms with Crippen molar-refractivity contribution in [2.24, 2.45) is 5.41 Å². The Hall–Kier alpha value is -0.590. The Balaban J connectivity index is 1.93. The number of hydrogen-bond acceptors (Lipinski definition) is 1. The van der Waals surface area contributed by atoms with Crippen LogP contribution in [0.1, 0.15) is 64.7 Å². The molecule has 2 rings (SSSR count). The summed E-state index contributed by atoms with van der Waals surface area (Å²) in [6, 6.07) is 0.